The fourth-order valence-electron chi connectivity index (χ4n) is 3.74. The van der Waals surface area contributed by atoms with Gasteiger partial charge in [-0.25, -0.2) is 0 Å². The molecule has 1 aromatic carbocycles. The van der Waals surface area contributed by atoms with Gasteiger partial charge in [-0.15, -0.1) is 0 Å². The molecule has 1 rings (SSSR count). The van der Waals surface area contributed by atoms with Crippen LogP contribution in [0.3, 0.4) is 0 Å². The molecule has 1 aromatic rings. The molecule has 0 atom stereocenters. The van der Waals surface area contributed by atoms with Crippen molar-refractivity contribution < 1.29 is 14.5 Å². The summed E-state index contributed by atoms with van der Waals surface area (Å²) in [5.74, 6) is -0.0694. The lowest BCUT2D eigenvalue weighted by atomic mass is 10.0. The van der Waals surface area contributed by atoms with Crippen LogP contribution in [0.5, 0.6) is 0 Å². The van der Waals surface area contributed by atoms with Crippen LogP contribution in [0.25, 0.3) is 6.08 Å². The van der Waals surface area contributed by atoms with Gasteiger partial charge in [-0.2, -0.15) is 0 Å². The molecule has 5 heteroatoms. The Bertz CT molecular complexity index is 744. The molecule has 0 unspecified atom stereocenters. The van der Waals surface area contributed by atoms with E-state index in [4.69, 9.17) is 4.74 Å². The van der Waals surface area contributed by atoms with Crippen molar-refractivity contribution >= 4 is 17.7 Å². The van der Waals surface area contributed by atoms with Crippen molar-refractivity contribution in [3.8, 4) is 0 Å². The highest BCUT2D eigenvalue weighted by Crippen LogP contribution is 2.15. The maximum atomic E-state index is 11.6. The standard InChI is InChI=1S/C29H45NO4/c1-29(2,3)34-28(31)21-19-17-15-13-11-9-7-5-4-6-8-10-12-14-16-18-20-26-22-24-27(25-23-26)30(32)33/h14,16,18,20,22-25H,4-13,15,17,19,21H2,1-3H3. The van der Waals surface area contributed by atoms with Crippen molar-refractivity contribution in [2.24, 2.45) is 0 Å². The van der Waals surface area contributed by atoms with Gasteiger partial charge in [-0.05, 0) is 57.7 Å². The summed E-state index contributed by atoms with van der Waals surface area (Å²) < 4.78 is 5.33. The zero-order valence-corrected chi connectivity index (χ0v) is 21.6. The average Bonchev–Trinajstić information content (AvgIpc) is 2.77. The highest BCUT2D eigenvalue weighted by Gasteiger charge is 2.15. The first-order chi connectivity index (χ1) is 16.3. The van der Waals surface area contributed by atoms with Crippen LogP contribution in [0.15, 0.2) is 42.5 Å². The summed E-state index contributed by atoms with van der Waals surface area (Å²) >= 11 is 0. The Morgan fingerprint density at radius 2 is 1.32 bits per heavy atom. The molecule has 0 amide bonds. The third kappa shape index (κ3) is 17.1. The normalized spacial score (nSPS) is 12.0. The number of rotatable bonds is 18. The first-order valence-electron chi connectivity index (χ1n) is 13.1. The van der Waals surface area contributed by atoms with Gasteiger partial charge in [0.15, 0.2) is 0 Å². The fourth-order valence-corrected chi connectivity index (χ4v) is 3.74. The number of ether oxygens (including phenoxy) is 1. The van der Waals surface area contributed by atoms with Gasteiger partial charge < -0.3 is 4.74 Å². The predicted molar refractivity (Wildman–Crippen MR) is 142 cm³/mol. The van der Waals surface area contributed by atoms with Crippen molar-refractivity contribution in [3.63, 3.8) is 0 Å². The SMILES string of the molecule is CC(C)(C)OC(=O)CCCCCCCCCCCCCCC=CC=Cc1ccc([N+](=O)[O-])cc1. The second kappa shape index (κ2) is 18.0. The maximum absolute atomic E-state index is 11.6. The van der Waals surface area contributed by atoms with Crippen LogP contribution in [0.2, 0.25) is 0 Å². The minimum absolute atomic E-state index is 0.0694. The quantitative estimate of drug-likeness (QED) is 0.0704. The van der Waals surface area contributed by atoms with E-state index < -0.39 is 0 Å². The summed E-state index contributed by atoms with van der Waals surface area (Å²) in [7, 11) is 0. The zero-order chi connectivity index (χ0) is 25.1. The maximum Gasteiger partial charge on any atom is 0.306 e. The fraction of sp³-hybridized carbons (Fsp3) is 0.621. The summed E-state index contributed by atoms with van der Waals surface area (Å²) in [6.45, 7) is 5.74. The first kappa shape index (κ1) is 29.6. The molecule has 0 aliphatic carbocycles. The molecule has 0 aliphatic rings. The lowest BCUT2D eigenvalue weighted by molar-refractivity contribution is -0.384. The third-order valence-corrected chi connectivity index (χ3v) is 5.56. The summed E-state index contributed by atoms with van der Waals surface area (Å²) in [5.41, 5.74) is 0.719. The average molecular weight is 472 g/mol. The molecule has 190 valence electrons. The topological polar surface area (TPSA) is 69.4 Å². The largest absolute Gasteiger partial charge is 0.460 e. The molecular weight excluding hydrogens is 426 g/mol. The van der Waals surface area contributed by atoms with E-state index in [0.717, 1.165) is 24.8 Å². The highest BCUT2D eigenvalue weighted by molar-refractivity contribution is 5.69. The van der Waals surface area contributed by atoms with Gasteiger partial charge in [0.1, 0.15) is 5.60 Å². The Balaban J connectivity index is 1.86. The number of carbonyl (C=O) groups is 1. The van der Waals surface area contributed by atoms with Gasteiger partial charge in [0.25, 0.3) is 5.69 Å². The van der Waals surface area contributed by atoms with E-state index in [1.165, 1.54) is 76.3 Å². The van der Waals surface area contributed by atoms with E-state index in [-0.39, 0.29) is 22.2 Å². The van der Waals surface area contributed by atoms with E-state index in [0.29, 0.717) is 6.42 Å². The molecule has 0 aliphatic heterocycles. The highest BCUT2D eigenvalue weighted by atomic mass is 16.6. The summed E-state index contributed by atoms with van der Waals surface area (Å²) in [6.07, 6.45) is 24.9. The van der Waals surface area contributed by atoms with Gasteiger partial charge in [0.05, 0.1) is 4.92 Å². The zero-order valence-electron chi connectivity index (χ0n) is 21.6. The minimum atomic E-state index is -0.381. The third-order valence-electron chi connectivity index (χ3n) is 5.56. The van der Waals surface area contributed by atoms with Crippen LogP contribution >= 0.6 is 0 Å². The Morgan fingerprint density at radius 3 is 1.82 bits per heavy atom. The number of hydrogen-bond donors (Lipinski definition) is 0. The number of nitro groups is 1. The van der Waals surface area contributed by atoms with Crippen LogP contribution in [-0.2, 0) is 9.53 Å². The minimum Gasteiger partial charge on any atom is -0.460 e. The molecule has 0 saturated heterocycles. The molecule has 0 aromatic heterocycles. The van der Waals surface area contributed by atoms with Gasteiger partial charge in [-0.3, -0.25) is 14.9 Å². The van der Waals surface area contributed by atoms with Gasteiger partial charge in [-0.1, -0.05) is 88.5 Å². The van der Waals surface area contributed by atoms with Crippen molar-refractivity contribution in [3.05, 3.63) is 58.2 Å². The summed E-state index contributed by atoms with van der Waals surface area (Å²) in [6, 6.07) is 6.58. The molecule has 0 saturated carbocycles. The van der Waals surface area contributed by atoms with Crippen LogP contribution in [0, 0.1) is 10.1 Å². The van der Waals surface area contributed by atoms with Crippen molar-refractivity contribution in [2.45, 2.75) is 116 Å². The van der Waals surface area contributed by atoms with E-state index >= 15 is 0 Å². The van der Waals surface area contributed by atoms with Crippen LogP contribution in [0.1, 0.15) is 116 Å². The van der Waals surface area contributed by atoms with Gasteiger partial charge in [0.2, 0.25) is 0 Å². The second-order valence-electron chi connectivity index (χ2n) is 10.0. The molecular formula is C29H45NO4. The van der Waals surface area contributed by atoms with Crippen LogP contribution in [-0.4, -0.2) is 16.5 Å². The molecule has 0 heterocycles. The number of benzene rings is 1. The van der Waals surface area contributed by atoms with Crippen LogP contribution in [0.4, 0.5) is 5.69 Å². The van der Waals surface area contributed by atoms with Crippen molar-refractivity contribution in [1.82, 2.24) is 0 Å². The van der Waals surface area contributed by atoms with E-state index in [9.17, 15) is 14.9 Å². The lowest BCUT2D eigenvalue weighted by Gasteiger charge is -2.19. The molecule has 0 N–H and O–H groups in total. The lowest BCUT2D eigenvalue weighted by Crippen LogP contribution is -2.23. The van der Waals surface area contributed by atoms with Crippen molar-refractivity contribution in [1.29, 1.82) is 0 Å². The Labute approximate surface area is 206 Å². The van der Waals surface area contributed by atoms with Crippen molar-refractivity contribution in [2.75, 3.05) is 0 Å². The summed E-state index contributed by atoms with van der Waals surface area (Å²) in [5, 5.41) is 10.6. The number of esters is 1. The Kier molecular flexibility index (Phi) is 15.6. The number of nitro benzene ring substituents is 1. The Hall–Kier alpha value is -2.43. The van der Waals surface area contributed by atoms with Crippen LogP contribution < -0.4 is 0 Å². The molecule has 0 spiro atoms. The second-order valence-corrected chi connectivity index (χ2v) is 10.0. The molecule has 34 heavy (non-hydrogen) atoms. The van der Waals surface area contributed by atoms with Gasteiger partial charge in [0, 0.05) is 18.6 Å². The Morgan fingerprint density at radius 1 is 0.824 bits per heavy atom. The summed E-state index contributed by atoms with van der Waals surface area (Å²) in [4.78, 5) is 21.9. The first-order valence-corrected chi connectivity index (χ1v) is 13.1. The number of nitrogens with zero attached hydrogens (tertiary/aromatic N) is 1. The number of non-ortho nitro benzene ring substituents is 1. The van der Waals surface area contributed by atoms with E-state index in [2.05, 4.69) is 12.2 Å². The molecule has 0 radical (unpaired) electrons. The molecule has 0 bridgehead atoms. The monoisotopic (exact) mass is 471 g/mol. The number of carbonyl (C=O) groups excluding carboxylic acids is 1. The predicted octanol–water partition coefficient (Wildman–Crippen LogP) is 8.97. The van der Waals surface area contributed by atoms with Gasteiger partial charge >= 0.3 is 5.97 Å². The number of unbranched alkanes of at least 4 members (excludes halogenated alkanes) is 12. The number of allylic oxidation sites excluding steroid dienone is 3. The van der Waals surface area contributed by atoms with E-state index in [1.54, 1.807) is 12.1 Å². The smallest absolute Gasteiger partial charge is 0.306 e. The molecule has 5 nitrogen and oxygen atoms in total. The molecule has 0 fully saturated rings. The number of hydrogen-bond acceptors (Lipinski definition) is 4. The van der Waals surface area contributed by atoms with E-state index in [1.807, 2.05) is 32.9 Å².